The molecule has 2 amide bonds. The summed E-state index contributed by atoms with van der Waals surface area (Å²) in [6, 6.07) is 15.5. The van der Waals surface area contributed by atoms with E-state index in [2.05, 4.69) is 5.32 Å². The van der Waals surface area contributed by atoms with Gasteiger partial charge in [0.15, 0.2) is 0 Å². The van der Waals surface area contributed by atoms with Crippen LogP contribution < -0.4 is 5.32 Å². The lowest BCUT2D eigenvalue weighted by atomic mass is 10.1. The van der Waals surface area contributed by atoms with E-state index in [0.29, 0.717) is 24.3 Å². The van der Waals surface area contributed by atoms with E-state index in [0.717, 1.165) is 12.8 Å². The number of hydrogen-bond acceptors (Lipinski definition) is 4. The van der Waals surface area contributed by atoms with E-state index >= 15 is 0 Å². The van der Waals surface area contributed by atoms with Crippen molar-refractivity contribution in [3.8, 4) is 0 Å². The molecule has 0 aliphatic carbocycles. The lowest BCUT2D eigenvalue weighted by Crippen LogP contribution is -2.34. The number of anilines is 1. The predicted molar refractivity (Wildman–Crippen MR) is 101 cm³/mol. The molecule has 0 aromatic heterocycles. The monoisotopic (exact) mass is 366 g/mol. The summed E-state index contributed by atoms with van der Waals surface area (Å²) >= 11 is 0. The summed E-state index contributed by atoms with van der Waals surface area (Å²) in [5.41, 5.74) is 1.41. The van der Waals surface area contributed by atoms with Crippen LogP contribution in [0.1, 0.15) is 41.8 Å². The number of rotatable bonds is 5. The molecule has 27 heavy (non-hydrogen) atoms. The van der Waals surface area contributed by atoms with Crippen LogP contribution in [0.3, 0.4) is 0 Å². The molecule has 0 bridgehead atoms. The van der Waals surface area contributed by atoms with Crippen LogP contribution in [0.15, 0.2) is 54.6 Å². The third-order valence-electron chi connectivity index (χ3n) is 4.39. The summed E-state index contributed by atoms with van der Waals surface area (Å²) < 4.78 is 5.61. The summed E-state index contributed by atoms with van der Waals surface area (Å²) in [5.74, 6) is -1.04. The number of carbonyl (C=O) groups is 3. The molecular weight excluding hydrogens is 344 g/mol. The second-order valence-corrected chi connectivity index (χ2v) is 6.49. The fourth-order valence-corrected chi connectivity index (χ4v) is 3.09. The number of benzene rings is 2. The molecule has 3 rings (SSSR count). The van der Waals surface area contributed by atoms with Crippen molar-refractivity contribution in [3.05, 3.63) is 65.7 Å². The Labute approximate surface area is 158 Å². The Bertz CT molecular complexity index is 829. The molecule has 6 nitrogen and oxygen atoms in total. The lowest BCUT2D eigenvalue weighted by Gasteiger charge is -2.23. The molecule has 0 spiro atoms. The fourth-order valence-electron chi connectivity index (χ4n) is 3.09. The van der Waals surface area contributed by atoms with Gasteiger partial charge in [-0.25, -0.2) is 4.79 Å². The molecule has 6 heteroatoms. The average molecular weight is 366 g/mol. The first-order valence-electron chi connectivity index (χ1n) is 8.97. The minimum Gasteiger partial charge on any atom is -0.444 e. The Hall–Kier alpha value is -3.15. The van der Waals surface area contributed by atoms with Crippen LogP contribution in [0, 0.1) is 0 Å². The third kappa shape index (κ3) is 4.73. The van der Waals surface area contributed by atoms with E-state index in [4.69, 9.17) is 4.74 Å². The van der Waals surface area contributed by atoms with E-state index < -0.39 is 12.1 Å². The molecule has 0 unspecified atom stereocenters. The molecule has 1 N–H and O–H groups in total. The molecule has 1 atom stereocenters. The van der Waals surface area contributed by atoms with Gasteiger partial charge in [0.05, 0.1) is 5.56 Å². The Balaban J connectivity index is 1.82. The third-order valence-corrected chi connectivity index (χ3v) is 4.39. The van der Waals surface area contributed by atoms with Crippen LogP contribution in [0.2, 0.25) is 0 Å². The molecule has 1 saturated heterocycles. The second kappa shape index (κ2) is 8.49. The van der Waals surface area contributed by atoms with Gasteiger partial charge in [0, 0.05) is 31.3 Å². The molecule has 0 saturated carbocycles. The first-order valence-corrected chi connectivity index (χ1v) is 8.97. The van der Waals surface area contributed by atoms with Crippen LogP contribution in [-0.4, -0.2) is 35.8 Å². The lowest BCUT2D eigenvalue weighted by molar-refractivity contribution is -0.140. The quantitative estimate of drug-likeness (QED) is 0.825. The molecule has 0 radical (unpaired) electrons. The maximum atomic E-state index is 12.9. The van der Waals surface area contributed by atoms with Crippen LogP contribution in [0.5, 0.6) is 0 Å². The molecular formula is C21H22N2O4. The zero-order valence-electron chi connectivity index (χ0n) is 15.2. The van der Waals surface area contributed by atoms with E-state index in [9.17, 15) is 14.4 Å². The summed E-state index contributed by atoms with van der Waals surface area (Å²) in [6.45, 7) is 2.75. The second-order valence-electron chi connectivity index (χ2n) is 6.49. The van der Waals surface area contributed by atoms with Crippen molar-refractivity contribution in [1.29, 1.82) is 0 Å². The van der Waals surface area contributed by atoms with Crippen LogP contribution in [0.4, 0.5) is 5.69 Å². The minimum absolute atomic E-state index is 0.204. The molecule has 1 fully saturated rings. The first-order chi connectivity index (χ1) is 13.0. The molecule has 2 aromatic rings. The van der Waals surface area contributed by atoms with Crippen molar-refractivity contribution in [2.45, 2.75) is 25.9 Å². The van der Waals surface area contributed by atoms with E-state index in [-0.39, 0.29) is 17.4 Å². The van der Waals surface area contributed by atoms with Gasteiger partial charge >= 0.3 is 5.97 Å². The number of nitrogens with zero attached hydrogens (tertiary/aromatic N) is 1. The van der Waals surface area contributed by atoms with Gasteiger partial charge in [-0.2, -0.15) is 0 Å². The summed E-state index contributed by atoms with van der Waals surface area (Å²) in [4.78, 5) is 38.5. The van der Waals surface area contributed by atoms with Gasteiger partial charge in [-0.3, -0.25) is 9.59 Å². The zero-order chi connectivity index (χ0) is 19.2. The number of carbonyl (C=O) groups excluding carboxylic acids is 3. The topological polar surface area (TPSA) is 75.7 Å². The van der Waals surface area contributed by atoms with Gasteiger partial charge in [0.2, 0.25) is 12.0 Å². The van der Waals surface area contributed by atoms with Gasteiger partial charge < -0.3 is 15.0 Å². The molecule has 1 aliphatic heterocycles. The summed E-state index contributed by atoms with van der Waals surface area (Å²) in [6.07, 6.45) is 0.932. The number of amides is 2. The number of ether oxygens (including phenoxy) is 1. The van der Waals surface area contributed by atoms with Crippen molar-refractivity contribution in [2.75, 3.05) is 18.4 Å². The molecule has 1 aliphatic rings. The average Bonchev–Trinajstić information content (AvgIpc) is 3.20. The van der Waals surface area contributed by atoms with E-state index in [1.54, 1.807) is 35.2 Å². The van der Waals surface area contributed by atoms with Crippen LogP contribution in [-0.2, 0) is 14.3 Å². The fraction of sp³-hybridized carbons (Fsp3) is 0.286. The Morgan fingerprint density at radius 3 is 2.37 bits per heavy atom. The standard InChI is InChI=1S/C21H22N2O4/c1-15(24)22-18-11-7-10-17(14-18)21(26)27-19(16-8-3-2-4-9-16)20(25)23-12-5-6-13-23/h2-4,7-11,14,19H,5-6,12-13H2,1H3,(H,22,24)/t19-/m0/s1. The number of esters is 1. The summed E-state index contributed by atoms with van der Waals surface area (Å²) in [5, 5.41) is 2.63. The predicted octanol–water partition coefficient (Wildman–Crippen LogP) is 3.17. The van der Waals surface area contributed by atoms with E-state index in [1.165, 1.54) is 13.0 Å². The maximum Gasteiger partial charge on any atom is 0.339 e. The van der Waals surface area contributed by atoms with Crippen molar-refractivity contribution in [2.24, 2.45) is 0 Å². The van der Waals surface area contributed by atoms with Gasteiger partial charge in [-0.15, -0.1) is 0 Å². The van der Waals surface area contributed by atoms with Crippen molar-refractivity contribution >= 4 is 23.5 Å². The largest absolute Gasteiger partial charge is 0.444 e. The Kier molecular flexibility index (Phi) is 5.86. The first kappa shape index (κ1) is 18.6. The van der Waals surface area contributed by atoms with Crippen molar-refractivity contribution < 1.29 is 19.1 Å². The molecule has 1 heterocycles. The van der Waals surface area contributed by atoms with Crippen molar-refractivity contribution in [3.63, 3.8) is 0 Å². The van der Waals surface area contributed by atoms with Gasteiger partial charge in [-0.05, 0) is 31.0 Å². The normalized spacial score (nSPS) is 14.5. The number of hydrogen-bond donors (Lipinski definition) is 1. The van der Waals surface area contributed by atoms with E-state index in [1.807, 2.05) is 18.2 Å². The highest BCUT2D eigenvalue weighted by Gasteiger charge is 2.31. The SMILES string of the molecule is CC(=O)Nc1cccc(C(=O)O[C@H](C(=O)N2CCCC2)c2ccccc2)c1. The zero-order valence-corrected chi connectivity index (χ0v) is 15.2. The maximum absolute atomic E-state index is 12.9. The summed E-state index contributed by atoms with van der Waals surface area (Å²) in [7, 11) is 0. The highest BCUT2D eigenvalue weighted by molar-refractivity contribution is 5.95. The number of nitrogens with one attached hydrogen (secondary N) is 1. The highest BCUT2D eigenvalue weighted by Crippen LogP contribution is 2.24. The Morgan fingerprint density at radius 2 is 1.70 bits per heavy atom. The van der Waals surface area contributed by atoms with Crippen LogP contribution >= 0.6 is 0 Å². The van der Waals surface area contributed by atoms with Gasteiger partial charge in [-0.1, -0.05) is 36.4 Å². The van der Waals surface area contributed by atoms with Gasteiger partial charge in [0.1, 0.15) is 0 Å². The molecule has 140 valence electrons. The minimum atomic E-state index is -0.985. The number of likely N-dealkylation sites (tertiary alicyclic amines) is 1. The van der Waals surface area contributed by atoms with Gasteiger partial charge in [0.25, 0.3) is 5.91 Å². The van der Waals surface area contributed by atoms with Crippen LogP contribution in [0.25, 0.3) is 0 Å². The highest BCUT2D eigenvalue weighted by atomic mass is 16.5. The van der Waals surface area contributed by atoms with Crippen molar-refractivity contribution in [1.82, 2.24) is 4.90 Å². The Morgan fingerprint density at radius 1 is 1.00 bits per heavy atom. The smallest absolute Gasteiger partial charge is 0.339 e. The molecule has 2 aromatic carbocycles.